The molecule has 4 heterocycles. The molecule has 0 unspecified atom stereocenters. The number of alkyl halides is 6. The lowest BCUT2D eigenvalue weighted by molar-refractivity contribution is -0.142. The minimum Gasteiger partial charge on any atom is -0.237 e. The predicted molar refractivity (Wildman–Crippen MR) is 104 cm³/mol. The van der Waals surface area contributed by atoms with Crippen molar-refractivity contribution in [1.29, 1.82) is 0 Å². The van der Waals surface area contributed by atoms with Gasteiger partial charge in [-0.05, 0) is 24.3 Å². The van der Waals surface area contributed by atoms with E-state index in [4.69, 9.17) is 0 Å². The number of nitrogens with zero attached hydrogens (tertiary/aromatic N) is 7. The van der Waals surface area contributed by atoms with Crippen molar-refractivity contribution in [3.8, 4) is 27.8 Å². The molecule has 14 heteroatoms. The van der Waals surface area contributed by atoms with Gasteiger partial charge in [0, 0.05) is 11.8 Å². The van der Waals surface area contributed by atoms with Crippen LogP contribution in [-0.4, -0.2) is 34.6 Å². The van der Waals surface area contributed by atoms with Gasteiger partial charge in [-0.25, -0.2) is 9.67 Å². The number of fused-ring (bicyclic) bond motifs is 1. The summed E-state index contributed by atoms with van der Waals surface area (Å²) in [5.41, 5.74) is -2.25. The molecule has 5 rings (SSSR count). The number of hydrogen-bond acceptors (Lipinski definition) is 6. The van der Waals surface area contributed by atoms with E-state index in [2.05, 4.69) is 25.4 Å². The van der Waals surface area contributed by atoms with Crippen molar-refractivity contribution in [1.82, 2.24) is 34.6 Å². The fraction of sp³-hybridized carbons (Fsp3) is 0.105. The maximum atomic E-state index is 13.9. The van der Waals surface area contributed by atoms with E-state index in [1.807, 2.05) is 0 Å². The molecule has 1 aromatic carbocycles. The van der Waals surface area contributed by atoms with Crippen molar-refractivity contribution in [2.45, 2.75) is 12.4 Å². The Kier molecular flexibility index (Phi) is 4.70. The first-order valence-electron chi connectivity index (χ1n) is 9.10. The lowest BCUT2D eigenvalue weighted by Gasteiger charge is -2.11. The normalized spacial score (nSPS) is 12.5. The lowest BCUT2D eigenvalue weighted by Crippen LogP contribution is -2.15. The molecular formula is C19H9F6N7S. The zero-order valence-electron chi connectivity index (χ0n) is 16.0. The summed E-state index contributed by atoms with van der Waals surface area (Å²) < 4.78 is 82.8. The molecule has 0 spiro atoms. The summed E-state index contributed by atoms with van der Waals surface area (Å²) in [5, 5.41) is 15.6. The summed E-state index contributed by atoms with van der Waals surface area (Å²) in [6.07, 6.45) is -7.03. The van der Waals surface area contributed by atoms with E-state index in [1.165, 1.54) is 30.5 Å². The van der Waals surface area contributed by atoms with E-state index >= 15 is 0 Å². The van der Waals surface area contributed by atoms with Crippen LogP contribution in [0.15, 0.2) is 54.9 Å². The molecule has 0 saturated carbocycles. The third-order valence-corrected chi connectivity index (χ3v) is 5.51. The fourth-order valence-electron chi connectivity index (χ4n) is 3.17. The number of aromatic nitrogens is 7. The van der Waals surface area contributed by atoms with Crippen molar-refractivity contribution in [3.05, 3.63) is 66.1 Å². The fourth-order valence-corrected chi connectivity index (χ4v) is 4.02. The minimum atomic E-state index is -4.79. The Balaban J connectivity index is 1.64. The van der Waals surface area contributed by atoms with E-state index < -0.39 is 23.6 Å². The Morgan fingerprint density at radius 3 is 2.39 bits per heavy atom. The first-order chi connectivity index (χ1) is 15.6. The van der Waals surface area contributed by atoms with Crippen LogP contribution in [0.5, 0.6) is 0 Å². The van der Waals surface area contributed by atoms with Crippen LogP contribution in [0.3, 0.4) is 0 Å². The highest BCUT2D eigenvalue weighted by Crippen LogP contribution is 2.40. The van der Waals surface area contributed by atoms with Gasteiger partial charge in [-0.1, -0.05) is 29.5 Å². The van der Waals surface area contributed by atoms with Gasteiger partial charge in [0.25, 0.3) is 0 Å². The largest absolute Gasteiger partial charge is 0.434 e. The molecule has 0 N–H and O–H groups in total. The van der Waals surface area contributed by atoms with Gasteiger partial charge in [0.05, 0.1) is 17.3 Å². The maximum absolute atomic E-state index is 13.9. The summed E-state index contributed by atoms with van der Waals surface area (Å²) in [4.78, 5) is 4.02. The van der Waals surface area contributed by atoms with Gasteiger partial charge >= 0.3 is 12.4 Å². The van der Waals surface area contributed by atoms with Gasteiger partial charge < -0.3 is 0 Å². The average Bonchev–Trinajstić information content (AvgIpc) is 3.47. The topological polar surface area (TPSA) is 73.8 Å². The molecule has 0 radical (unpaired) electrons. The summed E-state index contributed by atoms with van der Waals surface area (Å²) >= 11 is 0.797. The summed E-state index contributed by atoms with van der Waals surface area (Å²) in [6.45, 7) is 0. The molecule has 0 aliphatic carbocycles. The van der Waals surface area contributed by atoms with E-state index in [-0.39, 0.29) is 32.7 Å². The summed E-state index contributed by atoms with van der Waals surface area (Å²) in [7, 11) is 0. The Morgan fingerprint density at radius 1 is 0.879 bits per heavy atom. The number of rotatable bonds is 3. The van der Waals surface area contributed by atoms with Crippen LogP contribution in [0.25, 0.3) is 32.7 Å². The quantitative estimate of drug-likeness (QED) is 0.334. The van der Waals surface area contributed by atoms with Crippen molar-refractivity contribution in [2.75, 3.05) is 0 Å². The summed E-state index contributed by atoms with van der Waals surface area (Å²) in [6, 6.07) is 8.80. The van der Waals surface area contributed by atoms with Crippen molar-refractivity contribution in [3.63, 3.8) is 0 Å². The second kappa shape index (κ2) is 7.37. The van der Waals surface area contributed by atoms with Crippen LogP contribution in [0, 0.1) is 0 Å². The average molecular weight is 481 g/mol. The number of benzene rings is 1. The number of pyridine rings is 1. The molecule has 4 aromatic heterocycles. The smallest absolute Gasteiger partial charge is 0.237 e. The molecule has 0 amide bonds. The van der Waals surface area contributed by atoms with Gasteiger partial charge in [-0.15, -0.1) is 10.2 Å². The third-order valence-electron chi connectivity index (χ3n) is 4.57. The molecule has 168 valence electrons. The highest BCUT2D eigenvalue weighted by molar-refractivity contribution is 7.19. The van der Waals surface area contributed by atoms with Crippen molar-refractivity contribution in [2.24, 2.45) is 0 Å². The SMILES string of the molecule is FC(F)(F)c1cccc(-c2nnc3sc(-c4cnn(-c5ccccn5)c4C(F)(F)F)nn23)c1. The van der Waals surface area contributed by atoms with Crippen LogP contribution in [0.1, 0.15) is 11.3 Å². The van der Waals surface area contributed by atoms with Crippen LogP contribution in [0.4, 0.5) is 26.3 Å². The molecule has 0 atom stereocenters. The molecule has 0 aliphatic rings. The predicted octanol–water partition coefficient (Wildman–Crippen LogP) is 5.14. The van der Waals surface area contributed by atoms with Gasteiger partial charge in [0.2, 0.25) is 4.96 Å². The van der Waals surface area contributed by atoms with E-state index in [1.54, 1.807) is 6.07 Å². The second-order valence-electron chi connectivity index (χ2n) is 6.71. The standard InChI is InChI=1S/C19H9F6N7S/c20-18(21,22)11-5-3-4-10(8-11)15-28-29-17-32(15)30-16(33-17)12-9-27-31(14(12)19(23,24)25)13-6-1-2-7-26-13/h1-9H. The highest BCUT2D eigenvalue weighted by Gasteiger charge is 2.40. The van der Waals surface area contributed by atoms with Crippen molar-refractivity contribution < 1.29 is 26.3 Å². The number of halogens is 6. The van der Waals surface area contributed by atoms with Gasteiger partial charge in [0.15, 0.2) is 22.3 Å². The van der Waals surface area contributed by atoms with E-state index in [0.29, 0.717) is 4.68 Å². The summed E-state index contributed by atoms with van der Waals surface area (Å²) in [5.74, 6) is -0.0759. The monoisotopic (exact) mass is 481 g/mol. The molecule has 0 bridgehead atoms. The Labute approximate surface area is 184 Å². The highest BCUT2D eigenvalue weighted by atomic mass is 32.1. The van der Waals surface area contributed by atoms with Crippen molar-refractivity contribution >= 4 is 16.3 Å². The molecule has 5 aromatic rings. The van der Waals surface area contributed by atoms with Crippen LogP contribution < -0.4 is 0 Å². The first kappa shape index (κ1) is 21.1. The first-order valence-corrected chi connectivity index (χ1v) is 9.91. The molecule has 0 aliphatic heterocycles. The number of hydrogen-bond donors (Lipinski definition) is 0. The lowest BCUT2D eigenvalue weighted by atomic mass is 10.1. The zero-order chi connectivity index (χ0) is 23.4. The Hall–Kier alpha value is -3.81. The molecular weight excluding hydrogens is 472 g/mol. The van der Waals surface area contributed by atoms with Crippen LogP contribution in [-0.2, 0) is 12.4 Å². The molecule has 0 saturated heterocycles. The maximum Gasteiger partial charge on any atom is 0.434 e. The zero-order valence-corrected chi connectivity index (χ0v) is 16.8. The minimum absolute atomic E-state index is 0.0377. The van der Waals surface area contributed by atoms with Gasteiger partial charge in [0.1, 0.15) is 0 Å². The second-order valence-corrected chi connectivity index (χ2v) is 7.66. The molecule has 7 nitrogen and oxygen atoms in total. The van der Waals surface area contributed by atoms with Crippen LogP contribution in [0.2, 0.25) is 0 Å². The molecule has 33 heavy (non-hydrogen) atoms. The molecule has 0 fully saturated rings. The van der Waals surface area contributed by atoms with E-state index in [9.17, 15) is 26.3 Å². The Bertz CT molecular complexity index is 1450. The van der Waals surface area contributed by atoms with E-state index in [0.717, 1.165) is 34.2 Å². The Morgan fingerprint density at radius 2 is 1.70 bits per heavy atom. The van der Waals surface area contributed by atoms with Gasteiger partial charge in [-0.2, -0.15) is 41.1 Å². The van der Waals surface area contributed by atoms with Crippen LogP contribution >= 0.6 is 11.3 Å². The van der Waals surface area contributed by atoms with Gasteiger partial charge in [-0.3, -0.25) is 0 Å². The third kappa shape index (κ3) is 3.71.